The number of piperidine rings is 1. The molecule has 1 aromatic rings. The van der Waals surface area contributed by atoms with Crippen LogP contribution in [-0.4, -0.2) is 31.6 Å². The summed E-state index contributed by atoms with van der Waals surface area (Å²) < 4.78 is 13.8. The van der Waals surface area contributed by atoms with Gasteiger partial charge in [0.2, 0.25) is 0 Å². The maximum Gasteiger partial charge on any atom is 0.127 e. The zero-order valence-electron chi connectivity index (χ0n) is 12.4. The monoisotopic (exact) mass is 300 g/mol. The number of rotatable bonds is 5. The van der Waals surface area contributed by atoms with E-state index in [1.165, 1.54) is 19.3 Å². The molecule has 1 N–H and O–H groups in total. The van der Waals surface area contributed by atoms with Gasteiger partial charge < -0.3 is 5.32 Å². The Balaban J connectivity index is 0.00000200. The lowest BCUT2D eigenvalue weighted by Crippen LogP contribution is -2.36. The molecule has 114 valence electrons. The zero-order valence-corrected chi connectivity index (χ0v) is 13.3. The molecule has 0 spiro atoms. The van der Waals surface area contributed by atoms with E-state index in [0.717, 1.165) is 31.1 Å². The second kappa shape index (κ2) is 8.60. The fourth-order valence-electron chi connectivity index (χ4n) is 2.99. The van der Waals surface area contributed by atoms with E-state index >= 15 is 0 Å². The second-order valence-corrected chi connectivity index (χ2v) is 5.57. The molecule has 0 aliphatic carbocycles. The first-order valence-electron chi connectivity index (χ1n) is 7.35. The van der Waals surface area contributed by atoms with Crippen LogP contribution < -0.4 is 5.32 Å². The van der Waals surface area contributed by atoms with Crippen molar-refractivity contribution in [3.63, 3.8) is 0 Å². The molecular formula is C16H26ClFN2. The van der Waals surface area contributed by atoms with Crippen LogP contribution in [0.1, 0.15) is 37.8 Å². The largest absolute Gasteiger partial charge is 0.320 e. The van der Waals surface area contributed by atoms with Crippen LogP contribution in [0.4, 0.5) is 4.39 Å². The summed E-state index contributed by atoms with van der Waals surface area (Å²) in [5, 5.41) is 3.22. The van der Waals surface area contributed by atoms with Gasteiger partial charge in [0.15, 0.2) is 0 Å². The molecule has 1 unspecified atom stereocenters. The first-order chi connectivity index (χ1) is 9.22. The highest BCUT2D eigenvalue weighted by atomic mass is 35.5. The van der Waals surface area contributed by atoms with Crippen molar-refractivity contribution in [1.29, 1.82) is 0 Å². The van der Waals surface area contributed by atoms with Crippen LogP contribution in [0.5, 0.6) is 0 Å². The molecule has 20 heavy (non-hydrogen) atoms. The normalized spacial score (nSPS) is 18.6. The number of likely N-dealkylation sites (tertiary alicyclic amines) is 1. The summed E-state index contributed by atoms with van der Waals surface area (Å²) in [6.07, 6.45) is 3.74. The summed E-state index contributed by atoms with van der Waals surface area (Å²) in [7, 11) is 2.01. The Labute approximate surface area is 128 Å². The topological polar surface area (TPSA) is 15.3 Å². The minimum absolute atomic E-state index is 0. The van der Waals surface area contributed by atoms with Crippen molar-refractivity contribution in [2.75, 3.05) is 26.7 Å². The minimum Gasteiger partial charge on any atom is -0.320 e. The van der Waals surface area contributed by atoms with Crippen LogP contribution in [0.2, 0.25) is 0 Å². The van der Waals surface area contributed by atoms with Crippen molar-refractivity contribution in [3.05, 3.63) is 35.6 Å². The van der Waals surface area contributed by atoms with E-state index in [-0.39, 0.29) is 24.3 Å². The van der Waals surface area contributed by atoms with Crippen LogP contribution in [0.25, 0.3) is 0 Å². The van der Waals surface area contributed by atoms with Crippen LogP contribution in [0.3, 0.4) is 0 Å². The van der Waals surface area contributed by atoms with Crippen LogP contribution >= 0.6 is 12.4 Å². The lowest BCUT2D eigenvalue weighted by atomic mass is 9.92. The van der Waals surface area contributed by atoms with Crippen molar-refractivity contribution < 1.29 is 4.39 Å². The van der Waals surface area contributed by atoms with Gasteiger partial charge in [-0.2, -0.15) is 0 Å². The summed E-state index contributed by atoms with van der Waals surface area (Å²) in [5.74, 6) is 0.754. The smallest absolute Gasteiger partial charge is 0.127 e. The molecule has 0 radical (unpaired) electrons. The molecule has 2 nitrogen and oxygen atoms in total. The summed E-state index contributed by atoms with van der Waals surface area (Å²) in [6, 6.07) is 7.34. The number of nitrogens with one attached hydrogen (secondary N) is 1. The molecule has 1 aliphatic heterocycles. The van der Waals surface area contributed by atoms with Crippen molar-refractivity contribution in [3.8, 4) is 0 Å². The summed E-state index contributed by atoms with van der Waals surface area (Å²) in [4.78, 5) is 2.41. The van der Waals surface area contributed by atoms with E-state index in [1.54, 1.807) is 12.1 Å². The van der Waals surface area contributed by atoms with Gasteiger partial charge >= 0.3 is 0 Å². The third-order valence-electron chi connectivity index (χ3n) is 4.35. The number of hydrogen-bond donors (Lipinski definition) is 1. The quantitative estimate of drug-likeness (QED) is 0.893. The molecule has 0 aromatic heterocycles. The van der Waals surface area contributed by atoms with Gasteiger partial charge in [0.05, 0.1) is 0 Å². The molecule has 0 saturated carbocycles. The number of hydrogen-bond acceptors (Lipinski definition) is 2. The van der Waals surface area contributed by atoms with Crippen molar-refractivity contribution in [2.45, 2.75) is 32.2 Å². The number of benzene rings is 1. The van der Waals surface area contributed by atoms with Crippen LogP contribution in [0.15, 0.2) is 24.3 Å². The predicted octanol–water partition coefficient (Wildman–Crippen LogP) is 3.63. The highest BCUT2D eigenvalue weighted by Gasteiger charge is 2.24. The fraction of sp³-hybridized carbons (Fsp3) is 0.625. The van der Waals surface area contributed by atoms with E-state index in [9.17, 15) is 4.39 Å². The number of halogens is 2. The van der Waals surface area contributed by atoms with E-state index < -0.39 is 0 Å². The third-order valence-corrected chi connectivity index (χ3v) is 4.35. The standard InChI is InChI=1S/C16H25FN2.ClH/c1-13(15-5-3-4-6-16(15)17)19-11-8-14(9-12-19)7-10-18-2;/h3-6,13-14,18H,7-12H2,1-2H3;1H. The van der Waals surface area contributed by atoms with E-state index in [1.807, 2.05) is 19.2 Å². The summed E-state index contributed by atoms with van der Waals surface area (Å²) >= 11 is 0. The Morgan fingerprint density at radius 2 is 1.95 bits per heavy atom. The van der Waals surface area contributed by atoms with Gasteiger partial charge in [-0.1, -0.05) is 18.2 Å². The van der Waals surface area contributed by atoms with Crippen molar-refractivity contribution in [2.24, 2.45) is 5.92 Å². The van der Waals surface area contributed by atoms with Crippen LogP contribution in [-0.2, 0) is 0 Å². The molecule has 0 amide bonds. The first-order valence-corrected chi connectivity index (χ1v) is 7.35. The SMILES string of the molecule is CNCCC1CCN(C(C)c2ccccc2F)CC1.Cl. The lowest BCUT2D eigenvalue weighted by molar-refractivity contribution is 0.135. The van der Waals surface area contributed by atoms with Crippen LogP contribution in [0, 0.1) is 11.7 Å². The van der Waals surface area contributed by atoms with Gasteiger partial charge in [0.25, 0.3) is 0 Å². The average Bonchev–Trinajstić information content (AvgIpc) is 2.45. The van der Waals surface area contributed by atoms with Gasteiger partial charge in [0.1, 0.15) is 5.82 Å². The first kappa shape index (κ1) is 17.4. The van der Waals surface area contributed by atoms with Gasteiger partial charge in [-0.05, 0) is 64.9 Å². The molecule has 1 heterocycles. The third kappa shape index (κ3) is 4.44. The Hall–Kier alpha value is -0.640. The summed E-state index contributed by atoms with van der Waals surface area (Å²) in [5.41, 5.74) is 0.830. The maximum absolute atomic E-state index is 13.8. The van der Waals surface area contributed by atoms with Gasteiger partial charge in [-0.25, -0.2) is 4.39 Å². The lowest BCUT2D eigenvalue weighted by Gasteiger charge is -2.36. The van der Waals surface area contributed by atoms with Crippen molar-refractivity contribution in [1.82, 2.24) is 10.2 Å². The maximum atomic E-state index is 13.8. The van der Waals surface area contributed by atoms with E-state index in [4.69, 9.17) is 0 Å². The zero-order chi connectivity index (χ0) is 13.7. The molecule has 1 atom stereocenters. The van der Waals surface area contributed by atoms with E-state index in [0.29, 0.717) is 0 Å². The summed E-state index contributed by atoms with van der Waals surface area (Å²) in [6.45, 7) is 5.40. The molecule has 1 fully saturated rings. The highest BCUT2D eigenvalue weighted by molar-refractivity contribution is 5.85. The molecular weight excluding hydrogens is 275 g/mol. The van der Waals surface area contributed by atoms with E-state index in [2.05, 4.69) is 17.1 Å². The predicted molar refractivity (Wildman–Crippen MR) is 84.9 cm³/mol. The Morgan fingerprint density at radius 3 is 2.55 bits per heavy atom. The highest BCUT2D eigenvalue weighted by Crippen LogP contribution is 2.28. The molecule has 1 aromatic carbocycles. The Morgan fingerprint density at radius 1 is 1.30 bits per heavy atom. The second-order valence-electron chi connectivity index (χ2n) is 5.57. The molecule has 2 rings (SSSR count). The fourth-order valence-corrected chi connectivity index (χ4v) is 2.99. The molecule has 4 heteroatoms. The Bertz CT molecular complexity index is 392. The van der Waals surface area contributed by atoms with Gasteiger partial charge in [0, 0.05) is 11.6 Å². The average molecular weight is 301 g/mol. The Kier molecular flexibility index (Phi) is 7.49. The molecule has 1 aliphatic rings. The van der Waals surface area contributed by atoms with Gasteiger partial charge in [-0.15, -0.1) is 12.4 Å². The number of nitrogens with zero attached hydrogens (tertiary/aromatic N) is 1. The molecule has 1 saturated heterocycles. The van der Waals surface area contributed by atoms with Crippen molar-refractivity contribution >= 4 is 12.4 Å². The minimum atomic E-state index is -0.0766. The van der Waals surface area contributed by atoms with Gasteiger partial charge in [-0.3, -0.25) is 4.90 Å². The molecule has 0 bridgehead atoms.